The molecule has 2 rings (SSSR count). The van der Waals surface area contributed by atoms with E-state index in [0.717, 1.165) is 32.1 Å². The van der Waals surface area contributed by atoms with Gasteiger partial charge in [-0.1, -0.05) is 38.2 Å². The molecule has 2 saturated heterocycles. The second-order valence-corrected chi connectivity index (χ2v) is 10.2. The van der Waals surface area contributed by atoms with E-state index in [1.807, 2.05) is 6.92 Å². The summed E-state index contributed by atoms with van der Waals surface area (Å²) >= 11 is 0. The zero-order valence-corrected chi connectivity index (χ0v) is 21.3. The van der Waals surface area contributed by atoms with E-state index in [-0.39, 0.29) is 30.5 Å². The van der Waals surface area contributed by atoms with E-state index in [9.17, 15) is 24.9 Å². The second-order valence-electron chi connectivity index (χ2n) is 10.2. The monoisotopic (exact) mass is 500 g/mol. The number of aliphatic hydroxyl groups is 3. The number of carbonyl (C=O) groups excluding carboxylic acids is 1. The van der Waals surface area contributed by atoms with Crippen molar-refractivity contribution >= 4 is 11.9 Å². The summed E-state index contributed by atoms with van der Waals surface area (Å²) in [7, 11) is 0. The first-order valence-corrected chi connectivity index (χ1v) is 13.0. The largest absolute Gasteiger partial charge is 0.481 e. The number of carboxylic acid groups (broad SMARTS) is 1. The van der Waals surface area contributed by atoms with Gasteiger partial charge in [-0.2, -0.15) is 0 Å². The number of epoxide rings is 1. The van der Waals surface area contributed by atoms with Crippen molar-refractivity contribution in [3.05, 3.63) is 11.6 Å². The first kappa shape index (κ1) is 29.7. The van der Waals surface area contributed by atoms with Crippen LogP contribution in [-0.2, 0) is 23.8 Å². The molecule has 0 saturated carbocycles. The maximum atomic E-state index is 12.1. The minimum absolute atomic E-state index is 0.0160. The number of hydrogen-bond donors (Lipinski definition) is 4. The number of hydrogen-bond acceptors (Lipinski definition) is 8. The van der Waals surface area contributed by atoms with Crippen molar-refractivity contribution in [1.82, 2.24) is 0 Å². The summed E-state index contributed by atoms with van der Waals surface area (Å²) in [6.45, 7) is 6.07. The molecule has 0 aromatic heterocycles. The fraction of sp³-hybridized carbons (Fsp3) is 0.846. The van der Waals surface area contributed by atoms with Crippen LogP contribution in [0, 0.1) is 11.8 Å². The van der Waals surface area contributed by atoms with Crippen LogP contribution in [0.25, 0.3) is 0 Å². The summed E-state index contributed by atoms with van der Waals surface area (Å²) in [6, 6.07) is 0. The highest BCUT2D eigenvalue weighted by molar-refractivity contribution is 5.82. The van der Waals surface area contributed by atoms with Gasteiger partial charge in [0.05, 0.1) is 43.7 Å². The van der Waals surface area contributed by atoms with Gasteiger partial charge in [0.15, 0.2) is 0 Å². The Bertz CT molecular complexity index is 692. The molecule has 2 heterocycles. The summed E-state index contributed by atoms with van der Waals surface area (Å²) in [5.74, 6) is -1.42. The van der Waals surface area contributed by atoms with Gasteiger partial charge < -0.3 is 34.6 Å². The first-order chi connectivity index (χ1) is 16.6. The minimum atomic E-state index is -1.06. The Kier molecular flexibility index (Phi) is 12.6. The molecule has 9 heteroatoms. The molecule has 0 radical (unpaired) electrons. The molecule has 4 N–H and O–H groups in total. The van der Waals surface area contributed by atoms with E-state index < -0.39 is 36.4 Å². The van der Waals surface area contributed by atoms with Crippen LogP contribution >= 0.6 is 0 Å². The lowest BCUT2D eigenvalue weighted by molar-refractivity contribution is -0.165. The predicted octanol–water partition coefficient (Wildman–Crippen LogP) is 2.59. The van der Waals surface area contributed by atoms with Gasteiger partial charge in [0.2, 0.25) is 0 Å². The van der Waals surface area contributed by atoms with Crippen molar-refractivity contribution in [2.24, 2.45) is 11.8 Å². The number of unbranched alkanes of at least 4 members (excludes halogenated alkanes) is 5. The van der Waals surface area contributed by atoms with Crippen LogP contribution in [0.15, 0.2) is 11.6 Å². The summed E-state index contributed by atoms with van der Waals surface area (Å²) in [4.78, 5) is 22.5. The topological polar surface area (TPSA) is 146 Å². The quantitative estimate of drug-likeness (QED) is 0.109. The van der Waals surface area contributed by atoms with Gasteiger partial charge in [0, 0.05) is 24.3 Å². The SMILES string of the molecule is C/C(=C\C(=O)OCCCCCCCCC(=O)O)C[C@@H]1OC[C@H](C[C@H]2O[C@@H]2[C@@H](C)[C@H](C)O)[C@@H](O)[C@H]1O. The smallest absolute Gasteiger partial charge is 0.330 e. The average Bonchev–Trinajstić information content (AvgIpc) is 3.55. The summed E-state index contributed by atoms with van der Waals surface area (Å²) in [5.41, 5.74) is 0.708. The molecule has 2 aliphatic rings. The molecule has 9 nitrogen and oxygen atoms in total. The molecule has 0 spiro atoms. The molecule has 0 aliphatic carbocycles. The van der Waals surface area contributed by atoms with Crippen molar-refractivity contribution in [1.29, 1.82) is 0 Å². The van der Waals surface area contributed by atoms with Crippen LogP contribution in [0.1, 0.15) is 78.6 Å². The molecule has 0 amide bonds. The molecule has 2 aliphatic heterocycles. The van der Waals surface area contributed by atoms with Crippen molar-refractivity contribution in [2.45, 2.75) is 115 Å². The van der Waals surface area contributed by atoms with E-state index >= 15 is 0 Å². The Morgan fingerprint density at radius 3 is 2.34 bits per heavy atom. The van der Waals surface area contributed by atoms with Crippen LogP contribution in [0.2, 0.25) is 0 Å². The van der Waals surface area contributed by atoms with Gasteiger partial charge in [0.25, 0.3) is 0 Å². The van der Waals surface area contributed by atoms with Gasteiger partial charge in [-0.05, 0) is 39.5 Å². The summed E-state index contributed by atoms with van der Waals surface area (Å²) in [6.07, 6.45) is 4.61. The van der Waals surface area contributed by atoms with Crippen LogP contribution < -0.4 is 0 Å². The van der Waals surface area contributed by atoms with Crippen molar-refractivity contribution in [3.63, 3.8) is 0 Å². The molecule has 202 valence electrons. The number of aliphatic hydroxyl groups excluding tert-OH is 3. The third kappa shape index (κ3) is 10.6. The highest BCUT2D eigenvalue weighted by Gasteiger charge is 2.48. The van der Waals surface area contributed by atoms with Crippen LogP contribution in [-0.4, -0.2) is 82.2 Å². The molecular weight excluding hydrogens is 456 g/mol. The molecule has 35 heavy (non-hydrogen) atoms. The number of rotatable bonds is 16. The maximum absolute atomic E-state index is 12.1. The van der Waals surface area contributed by atoms with E-state index in [0.29, 0.717) is 38.0 Å². The summed E-state index contributed by atoms with van der Waals surface area (Å²) in [5, 5.41) is 39.5. The predicted molar refractivity (Wildman–Crippen MR) is 129 cm³/mol. The van der Waals surface area contributed by atoms with Crippen LogP contribution in [0.5, 0.6) is 0 Å². The van der Waals surface area contributed by atoms with Gasteiger partial charge in [0.1, 0.15) is 6.10 Å². The minimum Gasteiger partial charge on any atom is -0.481 e. The lowest BCUT2D eigenvalue weighted by atomic mass is 9.85. The van der Waals surface area contributed by atoms with Gasteiger partial charge in [-0.15, -0.1) is 0 Å². The normalized spacial score (nSPS) is 30.5. The molecule has 8 atom stereocenters. The fourth-order valence-electron chi connectivity index (χ4n) is 4.59. The summed E-state index contributed by atoms with van der Waals surface area (Å²) < 4.78 is 16.7. The van der Waals surface area contributed by atoms with Crippen molar-refractivity contribution < 1.29 is 44.2 Å². The van der Waals surface area contributed by atoms with Gasteiger partial charge >= 0.3 is 11.9 Å². The zero-order chi connectivity index (χ0) is 26.0. The van der Waals surface area contributed by atoms with Crippen molar-refractivity contribution in [3.8, 4) is 0 Å². The van der Waals surface area contributed by atoms with Crippen molar-refractivity contribution in [2.75, 3.05) is 13.2 Å². The van der Waals surface area contributed by atoms with E-state index in [1.165, 1.54) is 6.08 Å². The number of ether oxygens (including phenoxy) is 3. The van der Waals surface area contributed by atoms with Gasteiger partial charge in [-0.25, -0.2) is 4.79 Å². The molecule has 2 fully saturated rings. The second kappa shape index (κ2) is 14.9. The molecule has 0 unspecified atom stereocenters. The third-order valence-corrected chi connectivity index (χ3v) is 7.09. The standard InChI is InChI=1S/C26H44O9/c1-16(13-23(30)33-11-9-7-5-4-6-8-10-22(28)29)12-20-25(32)24(31)19(15-34-20)14-21-26(35-21)17(2)18(3)27/h13,17-21,24-27,31-32H,4-12,14-15H2,1-3H3,(H,28,29)/b16-13+/t17-,18-,19-,20-,21+,24+,25-,26+/m0/s1. The Morgan fingerprint density at radius 1 is 1.03 bits per heavy atom. The molecule has 0 bridgehead atoms. The molecule has 0 aromatic carbocycles. The van der Waals surface area contributed by atoms with E-state index in [1.54, 1.807) is 13.8 Å². The number of carbonyl (C=O) groups is 2. The van der Waals surface area contributed by atoms with E-state index in [2.05, 4.69) is 0 Å². The molecule has 0 aromatic rings. The number of aliphatic carboxylic acids is 1. The average molecular weight is 501 g/mol. The number of carboxylic acids is 1. The Labute approximate surface area is 208 Å². The fourth-order valence-corrected chi connectivity index (χ4v) is 4.59. The van der Waals surface area contributed by atoms with Crippen LogP contribution in [0.3, 0.4) is 0 Å². The van der Waals surface area contributed by atoms with Crippen LogP contribution in [0.4, 0.5) is 0 Å². The lowest BCUT2D eigenvalue weighted by Gasteiger charge is -2.38. The Balaban J connectivity index is 1.62. The molecular formula is C26H44O9. The third-order valence-electron chi connectivity index (χ3n) is 7.09. The van der Waals surface area contributed by atoms with E-state index in [4.69, 9.17) is 19.3 Å². The highest BCUT2D eigenvalue weighted by Crippen LogP contribution is 2.38. The maximum Gasteiger partial charge on any atom is 0.330 e. The van der Waals surface area contributed by atoms with Gasteiger partial charge in [-0.3, -0.25) is 4.79 Å². The first-order valence-electron chi connectivity index (χ1n) is 13.0. The Hall–Kier alpha value is -1.52. The number of esters is 1. The lowest BCUT2D eigenvalue weighted by Crippen LogP contribution is -2.50. The zero-order valence-electron chi connectivity index (χ0n) is 21.3. The Morgan fingerprint density at radius 2 is 1.69 bits per heavy atom. The highest BCUT2D eigenvalue weighted by atomic mass is 16.6.